The van der Waals surface area contributed by atoms with Crippen molar-refractivity contribution in [1.29, 1.82) is 0 Å². The van der Waals surface area contributed by atoms with Gasteiger partial charge in [0.05, 0.1) is 0 Å². The zero-order valence-corrected chi connectivity index (χ0v) is 24.2. The van der Waals surface area contributed by atoms with Gasteiger partial charge in [-0.15, -0.1) is 0 Å². The Balaban J connectivity index is 1.26. The van der Waals surface area contributed by atoms with E-state index in [0.29, 0.717) is 17.5 Å². The van der Waals surface area contributed by atoms with Crippen LogP contribution < -0.4 is 0 Å². The average Bonchev–Trinajstić information content (AvgIpc) is 3.50. The summed E-state index contributed by atoms with van der Waals surface area (Å²) in [5.74, 6) is 1.87. The molecule has 0 spiro atoms. The minimum atomic E-state index is 0.609. The largest absolute Gasteiger partial charge is 0.456 e. The number of benzene rings is 7. The fourth-order valence-electron chi connectivity index (χ4n) is 6.40. The molecule has 0 N–H and O–H groups in total. The van der Waals surface area contributed by atoms with Crippen molar-refractivity contribution in [3.05, 3.63) is 152 Å². The van der Waals surface area contributed by atoms with Crippen molar-refractivity contribution in [2.45, 2.75) is 0 Å². The van der Waals surface area contributed by atoms with E-state index in [1.165, 1.54) is 16.3 Å². The van der Waals surface area contributed by atoms with E-state index in [0.717, 1.165) is 55.0 Å². The molecular formula is C41H25N3O. The normalized spacial score (nSPS) is 11.6. The van der Waals surface area contributed by atoms with Crippen LogP contribution in [0, 0.1) is 0 Å². The second-order valence-corrected chi connectivity index (χ2v) is 11.2. The zero-order chi connectivity index (χ0) is 29.7. The van der Waals surface area contributed by atoms with Crippen LogP contribution in [0.3, 0.4) is 0 Å². The lowest BCUT2D eigenvalue weighted by Crippen LogP contribution is -2.01. The zero-order valence-electron chi connectivity index (χ0n) is 24.2. The quantitative estimate of drug-likeness (QED) is 0.209. The number of furan rings is 1. The number of rotatable bonds is 4. The Morgan fingerprint density at radius 1 is 0.333 bits per heavy atom. The molecule has 0 unspecified atom stereocenters. The molecule has 0 amide bonds. The minimum absolute atomic E-state index is 0.609. The molecule has 4 heteroatoms. The monoisotopic (exact) mass is 575 g/mol. The Morgan fingerprint density at radius 3 is 1.58 bits per heavy atom. The van der Waals surface area contributed by atoms with Crippen molar-refractivity contribution >= 4 is 43.5 Å². The van der Waals surface area contributed by atoms with Gasteiger partial charge in [0.15, 0.2) is 17.5 Å². The standard InChI is InChI=1S/C41H25N3O/c1-3-14-30-26(10-1)12-7-17-31(30)28-22-24-29(25-23-28)39-42-40(33-18-8-13-27-11-2-4-15-32(27)33)44-41(43-39)35-19-9-21-37-38(35)34-16-5-6-20-36(34)45-37/h1-25H. The summed E-state index contributed by atoms with van der Waals surface area (Å²) >= 11 is 0. The van der Waals surface area contributed by atoms with Gasteiger partial charge in [-0.3, -0.25) is 0 Å². The summed E-state index contributed by atoms with van der Waals surface area (Å²) in [6.45, 7) is 0. The van der Waals surface area contributed by atoms with Crippen molar-refractivity contribution in [3.8, 4) is 45.3 Å². The summed E-state index contributed by atoms with van der Waals surface area (Å²) in [7, 11) is 0. The molecule has 9 rings (SSSR count). The molecule has 0 radical (unpaired) electrons. The molecule has 0 saturated carbocycles. The molecule has 0 bridgehead atoms. The number of hydrogen-bond donors (Lipinski definition) is 0. The van der Waals surface area contributed by atoms with E-state index in [1.54, 1.807) is 0 Å². The molecule has 0 fully saturated rings. The molecule has 210 valence electrons. The Labute approximate surface area is 259 Å². The lowest BCUT2D eigenvalue weighted by molar-refractivity contribution is 0.669. The number of nitrogens with zero attached hydrogens (tertiary/aromatic N) is 3. The first kappa shape index (κ1) is 25.4. The highest BCUT2D eigenvalue weighted by Crippen LogP contribution is 2.37. The van der Waals surface area contributed by atoms with Gasteiger partial charge < -0.3 is 4.42 Å². The summed E-state index contributed by atoms with van der Waals surface area (Å²) in [6, 6.07) is 52.2. The molecular weight excluding hydrogens is 550 g/mol. The maximum atomic E-state index is 6.22. The van der Waals surface area contributed by atoms with Gasteiger partial charge in [0, 0.05) is 27.5 Å². The molecule has 0 aliphatic rings. The molecule has 2 aromatic heterocycles. The van der Waals surface area contributed by atoms with Crippen molar-refractivity contribution in [2.24, 2.45) is 0 Å². The fourth-order valence-corrected chi connectivity index (χ4v) is 6.40. The molecule has 4 nitrogen and oxygen atoms in total. The van der Waals surface area contributed by atoms with E-state index in [1.807, 2.05) is 30.3 Å². The second-order valence-electron chi connectivity index (χ2n) is 11.2. The topological polar surface area (TPSA) is 51.8 Å². The first-order valence-electron chi connectivity index (χ1n) is 15.0. The fraction of sp³-hybridized carbons (Fsp3) is 0. The maximum absolute atomic E-state index is 6.22. The lowest BCUT2D eigenvalue weighted by Gasteiger charge is -2.12. The predicted octanol–water partition coefficient (Wildman–Crippen LogP) is 10.7. The van der Waals surface area contributed by atoms with E-state index >= 15 is 0 Å². The molecule has 0 aliphatic heterocycles. The van der Waals surface area contributed by atoms with Crippen LogP contribution in [0.1, 0.15) is 0 Å². The molecule has 7 aromatic carbocycles. The van der Waals surface area contributed by atoms with Crippen LogP contribution in [-0.4, -0.2) is 15.0 Å². The van der Waals surface area contributed by atoms with Crippen LogP contribution in [0.25, 0.3) is 88.8 Å². The number of hydrogen-bond acceptors (Lipinski definition) is 4. The lowest BCUT2D eigenvalue weighted by atomic mass is 9.97. The maximum Gasteiger partial charge on any atom is 0.164 e. The Kier molecular flexibility index (Phi) is 5.78. The minimum Gasteiger partial charge on any atom is -0.456 e. The molecule has 0 saturated heterocycles. The number of aromatic nitrogens is 3. The van der Waals surface area contributed by atoms with Crippen LogP contribution in [0.5, 0.6) is 0 Å². The summed E-state index contributed by atoms with van der Waals surface area (Å²) in [5, 5.41) is 6.73. The number of para-hydroxylation sites is 1. The summed E-state index contributed by atoms with van der Waals surface area (Å²) in [4.78, 5) is 15.3. The Bertz CT molecular complexity index is 2540. The van der Waals surface area contributed by atoms with Gasteiger partial charge in [-0.1, -0.05) is 140 Å². The smallest absolute Gasteiger partial charge is 0.164 e. The molecule has 2 heterocycles. The van der Waals surface area contributed by atoms with E-state index < -0.39 is 0 Å². The van der Waals surface area contributed by atoms with Crippen molar-refractivity contribution < 1.29 is 4.42 Å². The Morgan fingerprint density at radius 2 is 0.822 bits per heavy atom. The van der Waals surface area contributed by atoms with Crippen LogP contribution in [0.15, 0.2) is 156 Å². The van der Waals surface area contributed by atoms with Crippen molar-refractivity contribution in [1.82, 2.24) is 15.0 Å². The first-order chi connectivity index (χ1) is 22.3. The third-order valence-electron chi connectivity index (χ3n) is 8.55. The van der Waals surface area contributed by atoms with E-state index in [9.17, 15) is 0 Å². The SMILES string of the molecule is c1ccc2c(-c3ccc(-c4nc(-c5cccc6ccccc56)nc(-c5cccc6oc7ccccc7c56)n4)cc3)cccc2c1. The van der Waals surface area contributed by atoms with Gasteiger partial charge in [0.1, 0.15) is 11.2 Å². The van der Waals surface area contributed by atoms with E-state index in [2.05, 4.69) is 121 Å². The van der Waals surface area contributed by atoms with Gasteiger partial charge in [-0.05, 0) is 44.8 Å². The highest BCUT2D eigenvalue weighted by molar-refractivity contribution is 6.11. The molecule has 9 aromatic rings. The van der Waals surface area contributed by atoms with Crippen LogP contribution in [0.4, 0.5) is 0 Å². The van der Waals surface area contributed by atoms with E-state index in [4.69, 9.17) is 19.4 Å². The summed E-state index contributed by atoms with van der Waals surface area (Å²) < 4.78 is 6.22. The van der Waals surface area contributed by atoms with E-state index in [-0.39, 0.29) is 0 Å². The Hall–Kier alpha value is -6.13. The second kappa shape index (κ2) is 10.2. The third-order valence-corrected chi connectivity index (χ3v) is 8.55. The number of fused-ring (bicyclic) bond motifs is 5. The third kappa shape index (κ3) is 4.27. The van der Waals surface area contributed by atoms with Gasteiger partial charge in [0.2, 0.25) is 0 Å². The summed E-state index contributed by atoms with van der Waals surface area (Å²) in [5.41, 5.74) is 6.80. The first-order valence-corrected chi connectivity index (χ1v) is 15.0. The van der Waals surface area contributed by atoms with Gasteiger partial charge in [-0.25, -0.2) is 15.0 Å². The highest BCUT2D eigenvalue weighted by atomic mass is 16.3. The van der Waals surface area contributed by atoms with Crippen LogP contribution in [0.2, 0.25) is 0 Å². The average molecular weight is 576 g/mol. The van der Waals surface area contributed by atoms with Gasteiger partial charge >= 0.3 is 0 Å². The predicted molar refractivity (Wildman–Crippen MR) is 184 cm³/mol. The van der Waals surface area contributed by atoms with Crippen molar-refractivity contribution in [3.63, 3.8) is 0 Å². The van der Waals surface area contributed by atoms with Crippen LogP contribution in [-0.2, 0) is 0 Å². The van der Waals surface area contributed by atoms with Gasteiger partial charge in [-0.2, -0.15) is 0 Å². The molecule has 0 atom stereocenters. The van der Waals surface area contributed by atoms with Crippen molar-refractivity contribution in [2.75, 3.05) is 0 Å². The molecule has 45 heavy (non-hydrogen) atoms. The molecule has 0 aliphatic carbocycles. The highest BCUT2D eigenvalue weighted by Gasteiger charge is 2.18. The van der Waals surface area contributed by atoms with Crippen LogP contribution >= 0.6 is 0 Å². The van der Waals surface area contributed by atoms with Gasteiger partial charge in [0.25, 0.3) is 0 Å². The summed E-state index contributed by atoms with van der Waals surface area (Å²) in [6.07, 6.45) is 0.